The lowest BCUT2D eigenvalue weighted by molar-refractivity contribution is -0.152. The summed E-state index contributed by atoms with van der Waals surface area (Å²) in [5.41, 5.74) is -0.386. The molecule has 0 fully saturated rings. The monoisotopic (exact) mass is 295 g/mol. The molecule has 2 N–H and O–H groups in total. The van der Waals surface area contributed by atoms with Crippen LogP contribution < -0.4 is 5.32 Å². The number of carboxylic acid groups (broad SMARTS) is 1. The lowest BCUT2D eigenvalue weighted by atomic mass is 9.79. The quantitative estimate of drug-likeness (QED) is 0.811. The van der Waals surface area contributed by atoms with Crippen LogP contribution >= 0.6 is 0 Å². The lowest BCUT2D eigenvalue weighted by Gasteiger charge is -2.26. The Bertz CT molecular complexity index is 512. The SMILES string of the molecule is CCC(CC)(CC(=O)N[C@@H](C)c1cccc(F)c1)C(=O)O. The van der Waals surface area contributed by atoms with Crippen LogP contribution in [0.15, 0.2) is 24.3 Å². The smallest absolute Gasteiger partial charge is 0.310 e. The molecule has 0 saturated heterocycles. The van der Waals surface area contributed by atoms with Crippen LogP contribution in [0.5, 0.6) is 0 Å². The van der Waals surface area contributed by atoms with Gasteiger partial charge in [0.1, 0.15) is 5.82 Å². The fourth-order valence-corrected chi connectivity index (χ4v) is 2.34. The fourth-order valence-electron chi connectivity index (χ4n) is 2.34. The average molecular weight is 295 g/mol. The largest absolute Gasteiger partial charge is 0.481 e. The number of benzene rings is 1. The predicted octanol–water partition coefficient (Wildman–Crippen LogP) is 3.28. The Morgan fingerprint density at radius 1 is 1.33 bits per heavy atom. The molecule has 116 valence electrons. The zero-order valence-electron chi connectivity index (χ0n) is 12.6. The Hall–Kier alpha value is -1.91. The van der Waals surface area contributed by atoms with Gasteiger partial charge in [0, 0.05) is 6.42 Å². The summed E-state index contributed by atoms with van der Waals surface area (Å²) in [4.78, 5) is 23.5. The van der Waals surface area contributed by atoms with E-state index in [1.165, 1.54) is 12.1 Å². The third kappa shape index (κ3) is 4.28. The zero-order valence-corrected chi connectivity index (χ0v) is 12.6. The maximum atomic E-state index is 13.2. The Kier molecular flexibility index (Phi) is 5.88. The van der Waals surface area contributed by atoms with Crippen LogP contribution in [-0.2, 0) is 9.59 Å². The number of carbonyl (C=O) groups excluding carboxylic acids is 1. The molecule has 0 bridgehead atoms. The van der Waals surface area contributed by atoms with Gasteiger partial charge in [-0.1, -0.05) is 26.0 Å². The summed E-state index contributed by atoms with van der Waals surface area (Å²) < 4.78 is 13.2. The molecular weight excluding hydrogens is 273 g/mol. The van der Waals surface area contributed by atoms with E-state index in [1.807, 2.05) is 0 Å². The third-order valence-corrected chi connectivity index (χ3v) is 4.03. The molecule has 0 radical (unpaired) electrons. The molecule has 0 saturated carbocycles. The van der Waals surface area contributed by atoms with Crippen molar-refractivity contribution in [2.75, 3.05) is 0 Å². The molecule has 5 heteroatoms. The van der Waals surface area contributed by atoms with Crippen molar-refractivity contribution in [1.82, 2.24) is 5.32 Å². The van der Waals surface area contributed by atoms with E-state index in [0.717, 1.165) is 0 Å². The summed E-state index contributed by atoms with van der Waals surface area (Å²) in [6, 6.07) is 5.62. The van der Waals surface area contributed by atoms with Crippen molar-refractivity contribution < 1.29 is 19.1 Å². The second-order valence-corrected chi connectivity index (χ2v) is 5.31. The highest BCUT2D eigenvalue weighted by Crippen LogP contribution is 2.31. The molecule has 0 aliphatic rings. The number of carbonyl (C=O) groups is 2. The summed E-state index contributed by atoms with van der Waals surface area (Å²) in [5, 5.41) is 12.1. The number of nitrogens with one attached hydrogen (secondary N) is 1. The van der Waals surface area contributed by atoms with Gasteiger partial charge in [0.05, 0.1) is 11.5 Å². The van der Waals surface area contributed by atoms with Crippen LogP contribution in [0, 0.1) is 11.2 Å². The van der Waals surface area contributed by atoms with Gasteiger partial charge in [-0.2, -0.15) is 0 Å². The first-order chi connectivity index (χ1) is 9.84. The molecule has 0 spiro atoms. The highest BCUT2D eigenvalue weighted by Gasteiger charge is 2.37. The van der Waals surface area contributed by atoms with Crippen LogP contribution in [0.3, 0.4) is 0 Å². The van der Waals surface area contributed by atoms with Crippen LogP contribution in [0.4, 0.5) is 4.39 Å². The second kappa shape index (κ2) is 7.20. The van der Waals surface area contributed by atoms with Crippen molar-refractivity contribution in [1.29, 1.82) is 0 Å². The Morgan fingerprint density at radius 2 is 1.95 bits per heavy atom. The van der Waals surface area contributed by atoms with Crippen molar-refractivity contribution in [3.05, 3.63) is 35.6 Å². The first-order valence-corrected chi connectivity index (χ1v) is 7.13. The van der Waals surface area contributed by atoms with Gasteiger partial charge in [-0.15, -0.1) is 0 Å². The summed E-state index contributed by atoms with van der Waals surface area (Å²) in [6.45, 7) is 5.27. The number of amides is 1. The number of halogens is 1. The van der Waals surface area contributed by atoms with Gasteiger partial charge in [-0.3, -0.25) is 9.59 Å². The van der Waals surface area contributed by atoms with Gasteiger partial charge in [0.15, 0.2) is 0 Å². The van der Waals surface area contributed by atoms with E-state index in [0.29, 0.717) is 18.4 Å². The van der Waals surface area contributed by atoms with Gasteiger partial charge in [-0.05, 0) is 37.5 Å². The first-order valence-electron chi connectivity index (χ1n) is 7.13. The summed E-state index contributed by atoms with van der Waals surface area (Å²) >= 11 is 0. The maximum Gasteiger partial charge on any atom is 0.310 e. The molecule has 4 nitrogen and oxygen atoms in total. The maximum absolute atomic E-state index is 13.2. The molecule has 1 aromatic carbocycles. The molecular formula is C16H22FNO3. The van der Waals surface area contributed by atoms with Gasteiger partial charge in [0.25, 0.3) is 0 Å². The van der Waals surface area contributed by atoms with Gasteiger partial charge < -0.3 is 10.4 Å². The molecule has 0 aromatic heterocycles. The minimum atomic E-state index is -1.04. The number of hydrogen-bond donors (Lipinski definition) is 2. The molecule has 0 aliphatic heterocycles. The summed E-state index contributed by atoms with van der Waals surface area (Å²) in [7, 11) is 0. The molecule has 21 heavy (non-hydrogen) atoms. The predicted molar refractivity (Wildman–Crippen MR) is 78.2 cm³/mol. The number of aliphatic carboxylic acids is 1. The van der Waals surface area contributed by atoms with Gasteiger partial charge in [-0.25, -0.2) is 4.39 Å². The molecule has 1 rings (SSSR count). The molecule has 0 heterocycles. The fraction of sp³-hybridized carbons (Fsp3) is 0.500. The van der Waals surface area contributed by atoms with Crippen LogP contribution in [0.2, 0.25) is 0 Å². The number of rotatable bonds is 7. The number of carboxylic acids is 1. The van der Waals surface area contributed by atoms with E-state index in [1.54, 1.807) is 32.9 Å². The molecule has 0 aliphatic carbocycles. The third-order valence-electron chi connectivity index (χ3n) is 4.03. The lowest BCUT2D eigenvalue weighted by Crippen LogP contribution is -2.37. The van der Waals surface area contributed by atoms with Crippen molar-refractivity contribution >= 4 is 11.9 Å². The Morgan fingerprint density at radius 3 is 2.43 bits per heavy atom. The van der Waals surface area contributed by atoms with Crippen LogP contribution in [0.1, 0.15) is 51.6 Å². The first kappa shape index (κ1) is 17.1. The van der Waals surface area contributed by atoms with Crippen molar-refractivity contribution in [2.24, 2.45) is 5.41 Å². The van der Waals surface area contributed by atoms with Crippen molar-refractivity contribution in [3.63, 3.8) is 0 Å². The Labute approximate surface area is 124 Å². The molecule has 1 aromatic rings. The van der Waals surface area contributed by atoms with E-state index in [4.69, 9.17) is 0 Å². The zero-order chi connectivity index (χ0) is 16.0. The highest BCUT2D eigenvalue weighted by atomic mass is 19.1. The number of hydrogen-bond acceptors (Lipinski definition) is 2. The van der Waals surface area contributed by atoms with Crippen molar-refractivity contribution in [3.8, 4) is 0 Å². The summed E-state index contributed by atoms with van der Waals surface area (Å²) in [5.74, 6) is -1.66. The van der Waals surface area contributed by atoms with Crippen LogP contribution in [0.25, 0.3) is 0 Å². The van der Waals surface area contributed by atoms with Crippen molar-refractivity contribution in [2.45, 2.75) is 46.1 Å². The van der Waals surface area contributed by atoms with E-state index >= 15 is 0 Å². The van der Waals surface area contributed by atoms with E-state index in [2.05, 4.69) is 5.32 Å². The topological polar surface area (TPSA) is 66.4 Å². The van der Waals surface area contributed by atoms with E-state index in [9.17, 15) is 19.1 Å². The summed E-state index contributed by atoms with van der Waals surface area (Å²) in [6.07, 6.45) is 0.705. The minimum Gasteiger partial charge on any atom is -0.481 e. The Balaban J connectivity index is 2.75. The average Bonchev–Trinajstić information content (AvgIpc) is 2.44. The molecule has 0 unspecified atom stereocenters. The van der Waals surface area contributed by atoms with Gasteiger partial charge in [0.2, 0.25) is 5.91 Å². The normalized spacial score (nSPS) is 12.8. The van der Waals surface area contributed by atoms with Crippen LogP contribution in [-0.4, -0.2) is 17.0 Å². The highest BCUT2D eigenvalue weighted by molar-refractivity contribution is 5.85. The minimum absolute atomic E-state index is 0.0744. The van der Waals surface area contributed by atoms with Gasteiger partial charge >= 0.3 is 5.97 Å². The van der Waals surface area contributed by atoms with E-state index in [-0.39, 0.29) is 24.2 Å². The second-order valence-electron chi connectivity index (χ2n) is 5.31. The molecule has 1 atom stereocenters. The van der Waals surface area contributed by atoms with E-state index < -0.39 is 11.4 Å². The standard InChI is InChI=1S/C16H22FNO3/c1-4-16(5-2,15(20)21)10-14(19)18-11(3)12-7-6-8-13(17)9-12/h6-9,11H,4-5,10H2,1-3H3,(H,18,19)(H,20,21)/t11-/m0/s1. The molecule has 1 amide bonds.